The minimum atomic E-state index is -0.542. The zero-order valence-electron chi connectivity index (χ0n) is 36.8. The Morgan fingerprint density at radius 1 is 0.476 bits per heavy atom. The SMILES string of the molecule is CCC(C)(c1ccc(OC(=O)c2cccc(C(C)=O)c2)cc1)c1ccc(OC(=O)c2ccc3cc(C(=O)Oc4ccc(C(C)(C)c5ccc(OC)c(C)c5)cc4C)ccc3c2)cc1. The molecule has 0 aliphatic carbocycles. The van der Waals surface area contributed by atoms with Crippen LogP contribution in [-0.4, -0.2) is 30.8 Å². The van der Waals surface area contributed by atoms with E-state index >= 15 is 0 Å². The fourth-order valence-electron chi connectivity index (χ4n) is 7.80. The van der Waals surface area contributed by atoms with Gasteiger partial charge in [0.25, 0.3) is 0 Å². The Balaban J connectivity index is 0.978. The summed E-state index contributed by atoms with van der Waals surface area (Å²) in [6.45, 7) is 14.0. The molecule has 0 bridgehead atoms. The number of hydrogen-bond acceptors (Lipinski definition) is 8. The van der Waals surface area contributed by atoms with Gasteiger partial charge in [0.15, 0.2) is 5.78 Å². The van der Waals surface area contributed by atoms with Crippen LogP contribution in [0.1, 0.15) is 116 Å². The number of Topliss-reactive ketones (excluding diaryl/α,β-unsaturated/α-hetero) is 1. The van der Waals surface area contributed by atoms with Crippen LogP contribution in [0.2, 0.25) is 0 Å². The lowest BCUT2D eigenvalue weighted by molar-refractivity contribution is 0.0724. The largest absolute Gasteiger partial charge is 0.496 e. The molecule has 0 heterocycles. The first-order valence-electron chi connectivity index (χ1n) is 20.9. The van der Waals surface area contributed by atoms with Crippen molar-refractivity contribution in [2.75, 3.05) is 7.11 Å². The number of ketones is 1. The number of ether oxygens (including phenoxy) is 4. The average Bonchev–Trinajstić information content (AvgIpc) is 3.29. The lowest BCUT2D eigenvalue weighted by Gasteiger charge is -2.30. The number of hydrogen-bond donors (Lipinski definition) is 0. The zero-order chi connectivity index (χ0) is 45.1. The molecule has 1 atom stereocenters. The maximum atomic E-state index is 13.4. The van der Waals surface area contributed by atoms with Crippen molar-refractivity contribution in [1.29, 1.82) is 0 Å². The lowest BCUT2D eigenvalue weighted by Crippen LogP contribution is -2.22. The molecule has 63 heavy (non-hydrogen) atoms. The first-order chi connectivity index (χ1) is 30.1. The standard InChI is InChI=1S/C55H50O8/c1-9-55(7,43-17-23-47(24-18-43)61-51(57)40-12-10-11-37(31-40)36(4)56)44-19-25-48(26-20-44)62-52(58)41-15-13-39-33-42(16-14-38(39)32-41)53(59)63-50-28-22-46(30-35(50)3)54(5,6)45-21-27-49(60-8)34(2)29-45/h10-33H,9H2,1-8H3. The van der Waals surface area contributed by atoms with Crippen molar-refractivity contribution < 1.29 is 38.1 Å². The Morgan fingerprint density at radius 3 is 1.35 bits per heavy atom. The number of benzene rings is 7. The second-order valence-electron chi connectivity index (χ2n) is 16.6. The molecular weight excluding hydrogens is 789 g/mol. The van der Waals surface area contributed by atoms with Gasteiger partial charge >= 0.3 is 17.9 Å². The molecule has 0 amide bonds. The molecule has 318 valence electrons. The summed E-state index contributed by atoms with van der Waals surface area (Å²) in [5.74, 6) is 0.478. The zero-order valence-corrected chi connectivity index (χ0v) is 36.8. The minimum Gasteiger partial charge on any atom is -0.496 e. The van der Waals surface area contributed by atoms with Gasteiger partial charge in [0, 0.05) is 16.4 Å². The molecule has 1 unspecified atom stereocenters. The van der Waals surface area contributed by atoms with E-state index in [0.717, 1.165) is 56.3 Å². The van der Waals surface area contributed by atoms with Crippen LogP contribution in [0.3, 0.4) is 0 Å². The van der Waals surface area contributed by atoms with Crippen molar-refractivity contribution in [3.8, 4) is 23.0 Å². The summed E-state index contributed by atoms with van der Waals surface area (Å²) < 4.78 is 22.7. The molecular formula is C55H50O8. The minimum absolute atomic E-state index is 0.128. The Labute approximate surface area is 368 Å². The van der Waals surface area contributed by atoms with Gasteiger partial charge in [0.05, 0.1) is 23.8 Å². The van der Waals surface area contributed by atoms with Crippen molar-refractivity contribution >= 4 is 34.5 Å². The van der Waals surface area contributed by atoms with Crippen LogP contribution in [0.4, 0.5) is 0 Å². The molecule has 0 N–H and O–H groups in total. The molecule has 0 aliphatic heterocycles. The maximum Gasteiger partial charge on any atom is 0.343 e. The number of esters is 3. The van der Waals surface area contributed by atoms with E-state index in [1.54, 1.807) is 86.0 Å². The summed E-state index contributed by atoms with van der Waals surface area (Å²) in [4.78, 5) is 51.2. The second-order valence-corrected chi connectivity index (χ2v) is 16.6. The number of fused-ring (bicyclic) bond motifs is 1. The smallest absolute Gasteiger partial charge is 0.343 e. The summed E-state index contributed by atoms with van der Waals surface area (Å²) in [7, 11) is 1.67. The van der Waals surface area contributed by atoms with Crippen LogP contribution < -0.4 is 18.9 Å². The Bertz CT molecular complexity index is 2870. The Morgan fingerprint density at radius 2 is 0.905 bits per heavy atom. The highest BCUT2D eigenvalue weighted by atomic mass is 16.5. The van der Waals surface area contributed by atoms with Crippen molar-refractivity contribution in [3.05, 3.63) is 201 Å². The van der Waals surface area contributed by atoms with Gasteiger partial charge in [0.2, 0.25) is 0 Å². The first kappa shape index (κ1) is 43.8. The Kier molecular flexibility index (Phi) is 12.5. The van der Waals surface area contributed by atoms with E-state index in [1.807, 2.05) is 56.3 Å². The quantitative estimate of drug-likeness (QED) is 0.0642. The highest BCUT2D eigenvalue weighted by Crippen LogP contribution is 2.38. The third kappa shape index (κ3) is 9.31. The van der Waals surface area contributed by atoms with Crippen molar-refractivity contribution in [2.24, 2.45) is 0 Å². The van der Waals surface area contributed by atoms with E-state index in [1.165, 1.54) is 13.0 Å². The molecule has 0 spiro atoms. The molecule has 0 saturated carbocycles. The van der Waals surface area contributed by atoms with Gasteiger partial charge in [-0.2, -0.15) is 0 Å². The predicted molar refractivity (Wildman–Crippen MR) is 246 cm³/mol. The van der Waals surface area contributed by atoms with Crippen LogP contribution in [0.5, 0.6) is 23.0 Å². The summed E-state index contributed by atoms with van der Waals surface area (Å²) in [6.07, 6.45) is 0.774. The van der Waals surface area contributed by atoms with Crippen LogP contribution in [-0.2, 0) is 10.8 Å². The summed E-state index contributed by atoms with van der Waals surface area (Å²) in [6, 6.07) is 43.9. The van der Waals surface area contributed by atoms with Crippen molar-refractivity contribution in [3.63, 3.8) is 0 Å². The highest BCUT2D eigenvalue weighted by molar-refractivity contribution is 6.00. The topological polar surface area (TPSA) is 105 Å². The summed E-state index contributed by atoms with van der Waals surface area (Å²) in [5.41, 5.74) is 7.04. The van der Waals surface area contributed by atoms with E-state index in [9.17, 15) is 19.2 Å². The molecule has 8 heteroatoms. The normalized spacial score (nSPS) is 12.3. The number of methoxy groups -OCH3 is 1. The summed E-state index contributed by atoms with van der Waals surface area (Å²) in [5, 5.41) is 1.55. The predicted octanol–water partition coefficient (Wildman–Crippen LogP) is 12.4. The average molecular weight is 839 g/mol. The van der Waals surface area contributed by atoms with Gasteiger partial charge in [0.1, 0.15) is 23.0 Å². The molecule has 0 fully saturated rings. The highest BCUT2D eigenvalue weighted by Gasteiger charge is 2.28. The number of carbonyl (C=O) groups is 4. The van der Waals surface area contributed by atoms with Crippen LogP contribution in [0, 0.1) is 13.8 Å². The lowest BCUT2D eigenvalue weighted by atomic mass is 9.74. The van der Waals surface area contributed by atoms with E-state index in [4.69, 9.17) is 18.9 Å². The monoisotopic (exact) mass is 838 g/mol. The fourth-order valence-corrected chi connectivity index (χ4v) is 7.80. The van der Waals surface area contributed by atoms with E-state index in [2.05, 4.69) is 45.9 Å². The molecule has 7 aromatic rings. The van der Waals surface area contributed by atoms with Crippen LogP contribution in [0.15, 0.2) is 146 Å². The van der Waals surface area contributed by atoms with Gasteiger partial charge in [-0.15, -0.1) is 0 Å². The third-order valence-electron chi connectivity index (χ3n) is 12.1. The van der Waals surface area contributed by atoms with Gasteiger partial charge in [-0.3, -0.25) is 4.79 Å². The number of rotatable bonds is 13. The first-order valence-corrected chi connectivity index (χ1v) is 20.9. The van der Waals surface area contributed by atoms with Crippen LogP contribution >= 0.6 is 0 Å². The van der Waals surface area contributed by atoms with Crippen LogP contribution in [0.25, 0.3) is 10.8 Å². The molecule has 0 aliphatic rings. The second kappa shape index (κ2) is 18.0. The van der Waals surface area contributed by atoms with Crippen molar-refractivity contribution in [1.82, 2.24) is 0 Å². The van der Waals surface area contributed by atoms with Gasteiger partial charge in [-0.05, 0) is 144 Å². The summed E-state index contributed by atoms with van der Waals surface area (Å²) >= 11 is 0. The molecule has 0 aromatic heterocycles. The van der Waals surface area contributed by atoms with Gasteiger partial charge < -0.3 is 18.9 Å². The third-order valence-corrected chi connectivity index (χ3v) is 12.1. The van der Waals surface area contributed by atoms with E-state index in [0.29, 0.717) is 39.5 Å². The maximum absolute atomic E-state index is 13.4. The molecule has 7 aromatic carbocycles. The van der Waals surface area contributed by atoms with Crippen molar-refractivity contribution in [2.45, 2.75) is 65.7 Å². The fraction of sp³-hybridized carbons (Fsp3) is 0.200. The van der Waals surface area contributed by atoms with Gasteiger partial charge in [-0.1, -0.05) is 100 Å². The number of carbonyl (C=O) groups excluding carboxylic acids is 4. The molecule has 7 rings (SSSR count). The van der Waals surface area contributed by atoms with E-state index in [-0.39, 0.29) is 16.6 Å². The molecule has 0 radical (unpaired) electrons. The molecule has 0 saturated heterocycles. The van der Waals surface area contributed by atoms with E-state index < -0.39 is 17.9 Å². The molecule has 8 nitrogen and oxygen atoms in total. The Hall–Kier alpha value is -7.32. The number of aryl methyl sites for hydroxylation is 2. The van der Waals surface area contributed by atoms with Gasteiger partial charge in [-0.25, -0.2) is 14.4 Å².